The summed E-state index contributed by atoms with van der Waals surface area (Å²) in [6.07, 6.45) is 2.87. The lowest BCUT2D eigenvalue weighted by atomic mass is 9.96. The van der Waals surface area contributed by atoms with E-state index in [0.717, 1.165) is 37.4 Å². The largest absolute Gasteiger partial charge is 0.491 e. The Morgan fingerprint density at radius 3 is 2.81 bits per heavy atom. The summed E-state index contributed by atoms with van der Waals surface area (Å²) in [5.74, 6) is 1.31. The smallest absolute Gasteiger partial charge is 0.224 e. The molecule has 21 heavy (non-hydrogen) atoms. The molecule has 5 nitrogen and oxygen atoms in total. The van der Waals surface area contributed by atoms with Crippen molar-refractivity contribution in [3.05, 3.63) is 24.3 Å². The van der Waals surface area contributed by atoms with Gasteiger partial charge in [0.25, 0.3) is 0 Å². The number of piperidine rings is 1. The Morgan fingerprint density at radius 1 is 1.33 bits per heavy atom. The Hall–Kier alpha value is -1.59. The molecule has 1 atom stereocenters. The second kappa shape index (κ2) is 8.64. The predicted octanol–water partition coefficient (Wildman–Crippen LogP) is 2.04. The van der Waals surface area contributed by atoms with Crippen LogP contribution in [-0.2, 0) is 9.53 Å². The molecule has 5 heteroatoms. The first-order chi connectivity index (χ1) is 10.3. The van der Waals surface area contributed by atoms with Gasteiger partial charge in [0, 0.05) is 19.2 Å². The highest BCUT2D eigenvalue weighted by Crippen LogP contribution is 2.18. The molecule has 2 rings (SSSR count). The van der Waals surface area contributed by atoms with Crippen LogP contribution >= 0.6 is 0 Å². The van der Waals surface area contributed by atoms with Crippen molar-refractivity contribution < 1.29 is 14.3 Å². The molecule has 1 aliphatic rings. The van der Waals surface area contributed by atoms with Crippen LogP contribution in [-0.4, -0.2) is 39.3 Å². The average Bonchev–Trinajstić information content (AvgIpc) is 2.50. The van der Waals surface area contributed by atoms with Crippen molar-refractivity contribution in [2.75, 3.05) is 38.7 Å². The second-order valence-electron chi connectivity index (χ2n) is 5.33. The maximum Gasteiger partial charge on any atom is 0.224 e. The van der Waals surface area contributed by atoms with Gasteiger partial charge in [-0.25, -0.2) is 0 Å². The van der Waals surface area contributed by atoms with Crippen LogP contribution in [0.15, 0.2) is 24.3 Å². The first-order valence-electron chi connectivity index (χ1n) is 7.50. The summed E-state index contributed by atoms with van der Waals surface area (Å²) in [7, 11) is 1.64. The lowest BCUT2D eigenvalue weighted by Crippen LogP contribution is -2.32. The summed E-state index contributed by atoms with van der Waals surface area (Å²) in [4.78, 5) is 12.0. The van der Waals surface area contributed by atoms with Gasteiger partial charge in [0.05, 0.1) is 6.61 Å². The number of hydrogen-bond donors (Lipinski definition) is 2. The van der Waals surface area contributed by atoms with Gasteiger partial charge < -0.3 is 20.1 Å². The van der Waals surface area contributed by atoms with Crippen molar-refractivity contribution in [3.63, 3.8) is 0 Å². The van der Waals surface area contributed by atoms with Crippen LogP contribution in [0.3, 0.4) is 0 Å². The number of carbonyl (C=O) groups is 1. The molecule has 0 aromatic heterocycles. The number of anilines is 1. The Kier molecular flexibility index (Phi) is 6.50. The molecule has 1 amide bonds. The molecule has 1 saturated heterocycles. The molecule has 1 aliphatic heterocycles. The number of carbonyl (C=O) groups excluding carboxylic acids is 1. The third-order valence-corrected chi connectivity index (χ3v) is 3.57. The summed E-state index contributed by atoms with van der Waals surface area (Å²) in [6.45, 7) is 3.10. The van der Waals surface area contributed by atoms with Gasteiger partial charge in [-0.05, 0) is 56.1 Å². The fourth-order valence-electron chi connectivity index (χ4n) is 2.45. The molecule has 0 radical (unpaired) electrons. The molecule has 0 aliphatic carbocycles. The predicted molar refractivity (Wildman–Crippen MR) is 82.7 cm³/mol. The van der Waals surface area contributed by atoms with Gasteiger partial charge in [-0.2, -0.15) is 0 Å². The van der Waals surface area contributed by atoms with Crippen LogP contribution in [0.4, 0.5) is 5.69 Å². The number of methoxy groups -OCH3 is 1. The quantitative estimate of drug-likeness (QED) is 0.755. The van der Waals surface area contributed by atoms with Crippen LogP contribution in [0.2, 0.25) is 0 Å². The van der Waals surface area contributed by atoms with E-state index in [-0.39, 0.29) is 5.91 Å². The van der Waals surface area contributed by atoms with Crippen LogP contribution in [0.25, 0.3) is 0 Å². The molecule has 1 heterocycles. The van der Waals surface area contributed by atoms with Gasteiger partial charge in [-0.3, -0.25) is 4.79 Å². The van der Waals surface area contributed by atoms with Gasteiger partial charge >= 0.3 is 0 Å². The third kappa shape index (κ3) is 5.73. The molecule has 0 bridgehead atoms. The number of nitrogens with one attached hydrogen (secondary N) is 2. The normalized spacial score (nSPS) is 18.2. The number of benzene rings is 1. The highest BCUT2D eigenvalue weighted by atomic mass is 16.5. The monoisotopic (exact) mass is 292 g/mol. The van der Waals surface area contributed by atoms with E-state index < -0.39 is 0 Å². The van der Waals surface area contributed by atoms with Crippen molar-refractivity contribution in [2.24, 2.45) is 5.92 Å². The van der Waals surface area contributed by atoms with Gasteiger partial charge in [0.2, 0.25) is 5.91 Å². The van der Waals surface area contributed by atoms with Crippen LogP contribution in [0, 0.1) is 5.92 Å². The van der Waals surface area contributed by atoms with E-state index in [1.54, 1.807) is 7.11 Å². The molecule has 1 unspecified atom stereocenters. The van der Waals surface area contributed by atoms with Crippen LogP contribution in [0.5, 0.6) is 5.75 Å². The van der Waals surface area contributed by atoms with Crippen molar-refractivity contribution in [1.29, 1.82) is 0 Å². The average molecular weight is 292 g/mol. The molecular formula is C16H24N2O3. The molecule has 0 spiro atoms. The Bertz CT molecular complexity index is 428. The van der Waals surface area contributed by atoms with Crippen molar-refractivity contribution in [1.82, 2.24) is 5.32 Å². The molecule has 116 valence electrons. The maximum atomic E-state index is 12.0. The summed E-state index contributed by atoms with van der Waals surface area (Å²) < 4.78 is 10.4. The van der Waals surface area contributed by atoms with Crippen molar-refractivity contribution in [2.45, 2.75) is 19.3 Å². The van der Waals surface area contributed by atoms with E-state index in [1.165, 1.54) is 0 Å². The Balaban J connectivity index is 1.75. The van der Waals surface area contributed by atoms with E-state index >= 15 is 0 Å². The summed E-state index contributed by atoms with van der Waals surface area (Å²) in [5, 5.41) is 6.27. The molecule has 2 N–H and O–H groups in total. The van der Waals surface area contributed by atoms with E-state index in [0.29, 0.717) is 25.6 Å². The summed E-state index contributed by atoms with van der Waals surface area (Å²) in [5.41, 5.74) is 0.808. The Morgan fingerprint density at radius 2 is 2.14 bits per heavy atom. The van der Waals surface area contributed by atoms with Crippen LogP contribution < -0.4 is 15.4 Å². The first kappa shape index (κ1) is 15.8. The highest BCUT2D eigenvalue weighted by molar-refractivity contribution is 5.90. The zero-order valence-electron chi connectivity index (χ0n) is 12.6. The van der Waals surface area contributed by atoms with Gasteiger partial charge in [-0.15, -0.1) is 0 Å². The summed E-state index contributed by atoms with van der Waals surface area (Å²) >= 11 is 0. The lowest BCUT2D eigenvalue weighted by Gasteiger charge is -2.22. The molecule has 0 saturated carbocycles. The SMILES string of the molecule is COCCOc1ccc(NC(=O)CC2CCCNC2)cc1. The van der Waals surface area contributed by atoms with E-state index in [1.807, 2.05) is 24.3 Å². The topological polar surface area (TPSA) is 59.6 Å². The minimum atomic E-state index is 0.0803. The first-order valence-corrected chi connectivity index (χ1v) is 7.50. The number of hydrogen-bond acceptors (Lipinski definition) is 4. The van der Waals surface area contributed by atoms with E-state index in [4.69, 9.17) is 9.47 Å². The van der Waals surface area contributed by atoms with Crippen LogP contribution in [0.1, 0.15) is 19.3 Å². The molecule has 1 aromatic carbocycles. The second-order valence-corrected chi connectivity index (χ2v) is 5.33. The fraction of sp³-hybridized carbons (Fsp3) is 0.562. The lowest BCUT2D eigenvalue weighted by molar-refractivity contribution is -0.117. The molecule has 1 fully saturated rings. The number of amides is 1. The molecule has 1 aromatic rings. The zero-order valence-corrected chi connectivity index (χ0v) is 12.6. The Labute approximate surface area is 126 Å². The zero-order chi connectivity index (χ0) is 14.9. The number of rotatable bonds is 7. The standard InChI is InChI=1S/C16H24N2O3/c1-20-9-10-21-15-6-4-14(5-7-15)18-16(19)11-13-3-2-8-17-12-13/h4-7,13,17H,2-3,8-12H2,1H3,(H,18,19). The van der Waals surface area contributed by atoms with Gasteiger partial charge in [0.15, 0.2) is 0 Å². The maximum absolute atomic E-state index is 12.0. The minimum Gasteiger partial charge on any atom is -0.491 e. The van der Waals surface area contributed by atoms with Gasteiger partial charge in [-0.1, -0.05) is 0 Å². The minimum absolute atomic E-state index is 0.0803. The molecular weight excluding hydrogens is 268 g/mol. The van der Waals surface area contributed by atoms with E-state index in [9.17, 15) is 4.79 Å². The fourth-order valence-corrected chi connectivity index (χ4v) is 2.45. The summed E-state index contributed by atoms with van der Waals surface area (Å²) in [6, 6.07) is 7.43. The van der Waals surface area contributed by atoms with Gasteiger partial charge in [0.1, 0.15) is 12.4 Å². The van der Waals surface area contributed by atoms with Crippen molar-refractivity contribution >= 4 is 11.6 Å². The van der Waals surface area contributed by atoms with E-state index in [2.05, 4.69) is 10.6 Å². The van der Waals surface area contributed by atoms with Crippen molar-refractivity contribution in [3.8, 4) is 5.75 Å². The third-order valence-electron chi connectivity index (χ3n) is 3.57. The highest BCUT2D eigenvalue weighted by Gasteiger charge is 2.16. The number of ether oxygens (including phenoxy) is 2.